The van der Waals surface area contributed by atoms with Gasteiger partial charge in [0, 0.05) is 0 Å². The third kappa shape index (κ3) is 6.48. The zero-order chi connectivity index (χ0) is 15.7. The molecule has 1 rings (SSSR count). The molecule has 2 atom stereocenters. The molecule has 1 aromatic carbocycles. The topological polar surface area (TPSA) is 121 Å². The normalized spacial score (nSPS) is 13.5. The molecule has 0 heterocycles. The Morgan fingerprint density at radius 1 is 1.00 bits per heavy atom. The first-order valence-electron chi connectivity index (χ1n) is 7.05. The van der Waals surface area contributed by atoms with Crippen molar-refractivity contribution in [2.75, 3.05) is 6.54 Å². The minimum atomic E-state index is -0.882. The van der Waals surface area contributed by atoms with E-state index < -0.39 is 24.0 Å². The van der Waals surface area contributed by atoms with Gasteiger partial charge in [-0.1, -0.05) is 36.8 Å². The minimum Gasteiger partial charge on any atom is -0.391 e. The van der Waals surface area contributed by atoms with Gasteiger partial charge in [0.2, 0.25) is 0 Å². The maximum absolute atomic E-state index is 11.7. The molecule has 0 aliphatic heterocycles. The Bertz CT molecular complexity index is 451. The monoisotopic (exact) mass is 293 g/mol. The van der Waals surface area contributed by atoms with E-state index in [0.29, 0.717) is 19.4 Å². The van der Waals surface area contributed by atoms with Crippen molar-refractivity contribution in [3.05, 3.63) is 35.9 Å². The van der Waals surface area contributed by atoms with Crippen LogP contribution in [0.4, 0.5) is 0 Å². The van der Waals surface area contributed by atoms with Crippen LogP contribution in [-0.4, -0.2) is 30.6 Å². The van der Waals surface area contributed by atoms with E-state index in [1.165, 1.54) is 0 Å². The predicted octanol–water partition coefficient (Wildman–Crippen LogP) is 0.0825. The molecule has 6 nitrogen and oxygen atoms in total. The largest absolute Gasteiger partial charge is 0.391 e. The van der Waals surface area contributed by atoms with E-state index in [1.807, 2.05) is 30.3 Å². The number of carbonyl (C=O) groups excluding carboxylic acids is 2. The lowest BCUT2D eigenvalue weighted by atomic mass is 10.1. The van der Waals surface area contributed by atoms with Gasteiger partial charge in [-0.05, 0) is 31.4 Å². The first kappa shape index (κ1) is 17.3. The summed E-state index contributed by atoms with van der Waals surface area (Å²) in [5.74, 6) is -1.49. The van der Waals surface area contributed by atoms with E-state index in [1.54, 1.807) is 0 Å². The maximum atomic E-state index is 11.7. The number of nitrogens with two attached hydrogens (primary N) is 3. The van der Waals surface area contributed by atoms with Gasteiger partial charge >= 0.3 is 11.9 Å². The minimum absolute atomic E-state index is 0.315. The van der Waals surface area contributed by atoms with Crippen LogP contribution in [0.25, 0.3) is 0 Å². The highest BCUT2D eigenvalue weighted by Gasteiger charge is 2.23. The van der Waals surface area contributed by atoms with Crippen LogP contribution >= 0.6 is 0 Å². The van der Waals surface area contributed by atoms with E-state index in [0.717, 1.165) is 18.4 Å². The summed E-state index contributed by atoms with van der Waals surface area (Å²) in [6.45, 7) is 0.544. The van der Waals surface area contributed by atoms with Crippen molar-refractivity contribution >= 4 is 11.9 Å². The van der Waals surface area contributed by atoms with E-state index in [9.17, 15) is 9.59 Å². The fraction of sp³-hybridized carbons (Fsp3) is 0.467. The average molecular weight is 293 g/mol. The summed E-state index contributed by atoms with van der Waals surface area (Å²) in [7, 11) is 0. The Balaban J connectivity index is 2.39. The first-order valence-corrected chi connectivity index (χ1v) is 7.05. The van der Waals surface area contributed by atoms with Crippen molar-refractivity contribution in [1.82, 2.24) is 0 Å². The van der Waals surface area contributed by atoms with Gasteiger partial charge in [-0.3, -0.25) is 0 Å². The first-order chi connectivity index (χ1) is 10.0. The van der Waals surface area contributed by atoms with Gasteiger partial charge in [-0.25, -0.2) is 9.59 Å². The van der Waals surface area contributed by atoms with E-state index in [-0.39, 0.29) is 0 Å². The smallest absolute Gasteiger partial charge is 0.330 e. The standard InChI is InChI=1S/C15H23N3O3/c16-9-5-4-8-12(17)14(19)21-15(20)13(18)10-11-6-2-1-3-7-11/h1-3,6-7,12-13H,4-5,8-10,16-18H2/t12-,13-/m0/s1. The second-order valence-electron chi connectivity index (χ2n) is 4.93. The third-order valence-electron chi connectivity index (χ3n) is 3.07. The molecule has 0 unspecified atom stereocenters. The molecule has 0 bridgehead atoms. The molecular formula is C15H23N3O3. The van der Waals surface area contributed by atoms with Gasteiger partial charge in [-0.15, -0.1) is 0 Å². The van der Waals surface area contributed by atoms with Crippen LogP contribution in [-0.2, 0) is 20.7 Å². The van der Waals surface area contributed by atoms with Crippen molar-refractivity contribution in [3.63, 3.8) is 0 Å². The van der Waals surface area contributed by atoms with Crippen LogP contribution in [0, 0.1) is 0 Å². The lowest BCUT2D eigenvalue weighted by molar-refractivity contribution is -0.161. The van der Waals surface area contributed by atoms with Gasteiger partial charge < -0.3 is 21.9 Å². The summed E-state index contributed by atoms with van der Waals surface area (Å²) < 4.78 is 4.72. The molecule has 6 heteroatoms. The van der Waals surface area contributed by atoms with Gasteiger partial charge in [0.15, 0.2) is 0 Å². The number of hydrogen-bond acceptors (Lipinski definition) is 6. The van der Waals surface area contributed by atoms with E-state index in [2.05, 4.69) is 0 Å². The van der Waals surface area contributed by atoms with Crippen molar-refractivity contribution in [2.24, 2.45) is 17.2 Å². The molecule has 0 saturated heterocycles. The number of unbranched alkanes of at least 4 members (excludes halogenated alkanes) is 1. The summed E-state index contributed by atoms with van der Waals surface area (Å²) in [4.78, 5) is 23.4. The lowest BCUT2D eigenvalue weighted by Crippen LogP contribution is -2.40. The lowest BCUT2D eigenvalue weighted by Gasteiger charge is -2.13. The van der Waals surface area contributed by atoms with Gasteiger partial charge in [0.1, 0.15) is 12.1 Å². The number of benzene rings is 1. The SMILES string of the molecule is NCCCC[C@H](N)C(=O)OC(=O)[C@@H](N)Cc1ccccc1. The number of esters is 2. The molecular weight excluding hydrogens is 270 g/mol. The number of hydrogen-bond donors (Lipinski definition) is 3. The van der Waals surface area contributed by atoms with Gasteiger partial charge in [0.05, 0.1) is 0 Å². The molecule has 0 aliphatic carbocycles. The molecule has 0 radical (unpaired) electrons. The number of carbonyl (C=O) groups is 2. The van der Waals surface area contributed by atoms with Crippen LogP contribution < -0.4 is 17.2 Å². The van der Waals surface area contributed by atoms with Crippen LogP contribution in [0.3, 0.4) is 0 Å². The molecule has 116 valence electrons. The number of ether oxygens (including phenoxy) is 1. The van der Waals surface area contributed by atoms with Crippen molar-refractivity contribution < 1.29 is 14.3 Å². The van der Waals surface area contributed by atoms with Gasteiger partial charge in [0.25, 0.3) is 0 Å². The fourth-order valence-electron chi connectivity index (χ4n) is 1.83. The zero-order valence-corrected chi connectivity index (χ0v) is 12.0. The van der Waals surface area contributed by atoms with Crippen LogP contribution in [0.15, 0.2) is 30.3 Å². The van der Waals surface area contributed by atoms with Crippen molar-refractivity contribution in [2.45, 2.75) is 37.8 Å². The molecule has 21 heavy (non-hydrogen) atoms. The Morgan fingerprint density at radius 2 is 1.62 bits per heavy atom. The fourth-order valence-corrected chi connectivity index (χ4v) is 1.83. The van der Waals surface area contributed by atoms with Crippen molar-refractivity contribution in [3.8, 4) is 0 Å². The molecule has 0 amide bonds. The van der Waals surface area contributed by atoms with Crippen LogP contribution in [0.2, 0.25) is 0 Å². The average Bonchev–Trinajstić information content (AvgIpc) is 2.48. The summed E-state index contributed by atoms with van der Waals surface area (Å²) in [5.41, 5.74) is 17.6. The molecule has 0 spiro atoms. The molecule has 6 N–H and O–H groups in total. The molecule has 0 fully saturated rings. The van der Waals surface area contributed by atoms with E-state index in [4.69, 9.17) is 21.9 Å². The zero-order valence-electron chi connectivity index (χ0n) is 12.0. The maximum Gasteiger partial charge on any atom is 0.330 e. The molecule has 0 aromatic heterocycles. The second kappa shape index (κ2) is 9.23. The molecule has 1 aromatic rings. The Labute approximate surface area is 124 Å². The highest BCUT2D eigenvalue weighted by Crippen LogP contribution is 2.05. The molecule has 0 saturated carbocycles. The number of rotatable bonds is 8. The third-order valence-corrected chi connectivity index (χ3v) is 3.07. The summed E-state index contributed by atoms with van der Waals surface area (Å²) in [5, 5.41) is 0. The van der Waals surface area contributed by atoms with Crippen LogP contribution in [0.1, 0.15) is 24.8 Å². The van der Waals surface area contributed by atoms with Gasteiger partial charge in [-0.2, -0.15) is 0 Å². The Hall–Kier alpha value is -1.76. The van der Waals surface area contributed by atoms with Crippen LogP contribution in [0.5, 0.6) is 0 Å². The Morgan fingerprint density at radius 3 is 2.24 bits per heavy atom. The highest BCUT2D eigenvalue weighted by atomic mass is 16.6. The summed E-state index contributed by atoms with van der Waals surface area (Å²) >= 11 is 0. The predicted molar refractivity (Wildman–Crippen MR) is 80.1 cm³/mol. The summed E-state index contributed by atoms with van der Waals surface area (Å²) in [6, 6.07) is 7.59. The van der Waals surface area contributed by atoms with E-state index >= 15 is 0 Å². The highest BCUT2D eigenvalue weighted by molar-refractivity contribution is 5.90. The van der Waals surface area contributed by atoms with Crippen molar-refractivity contribution in [1.29, 1.82) is 0 Å². The molecule has 0 aliphatic rings. The quantitative estimate of drug-likeness (QED) is 0.354. The second-order valence-corrected chi connectivity index (χ2v) is 4.93. The summed E-state index contributed by atoms with van der Waals surface area (Å²) in [6.07, 6.45) is 2.26. The Kier molecular flexibility index (Phi) is 7.60.